The van der Waals surface area contributed by atoms with Crippen LogP contribution in [0.2, 0.25) is 0 Å². The van der Waals surface area contributed by atoms with Gasteiger partial charge in [0.25, 0.3) is 5.91 Å². The summed E-state index contributed by atoms with van der Waals surface area (Å²) in [4.78, 5) is 43.5. The van der Waals surface area contributed by atoms with Crippen molar-refractivity contribution < 1.29 is 14.4 Å². The van der Waals surface area contributed by atoms with E-state index >= 15 is 0 Å². The van der Waals surface area contributed by atoms with Crippen molar-refractivity contribution in [2.45, 2.75) is 13.8 Å². The molecule has 0 bridgehead atoms. The van der Waals surface area contributed by atoms with Crippen molar-refractivity contribution >= 4 is 29.1 Å². The zero-order valence-electron chi connectivity index (χ0n) is 15.4. The molecule has 1 aromatic heterocycles. The Hall–Kier alpha value is -3.22. The largest absolute Gasteiger partial charge is 0.353 e. The van der Waals surface area contributed by atoms with Crippen molar-refractivity contribution in [2.75, 3.05) is 36.4 Å². The summed E-state index contributed by atoms with van der Waals surface area (Å²) in [6.45, 7) is 5.74. The fraction of sp³-hybridized carbons (Fsp3) is 0.300. The molecule has 1 aliphatic rings. The summed E-state index contributed by atoms with van der Waals surface area (Å²) in [5.41, 5.74) is 1.73. The number of hydrogen-bond acceptors (Lipinski definition) is 5. The first-order valence-electron chi connectivity index (χ1n) is 8.83. The molecule has 2 aromatic rings. The van der Waals surface area contributed by atoms with Crippen molar-refractivity contribution in [1.29, 1.82) is 0 Å². The van der Waals surface area contributed by atoms with Gasteiger partial charge < -0.3 is 15.1 Å². The zero-order valence-corrected chi connectivity index (χ0v) is 15.4. The summed E-state index contributed by atoms with van der Waals surface area (Å²) in [6, 6.07) is 10.2. The van der Waals surface area contributed by atoms with E-state index in [2.05, 4.69) is 15.2 Å². The number of anilines is 2. The van der Waals surface area contributed by atoms with Crippen LogP contribution in [0.3, 0.4) is 0 Å². The molecule has 7 heteroatoms. The Morgan fingerprint density at radius 1 is 0.926 bits per heavy atom. The lowest BCUT2D eigenvalue weighted by molar-refractivity contribution is -0.129. The Morgan fingerprint density at radius 2 is 1.59 bits per heavy atom. The summed E-state index contributed by atoms with van der Waals surface area (Å²) in [6.07, 6.45) is 1.61. The molecule has 0 radical (unpaired) electrons. The molecule has 2 heterocycles. The highest BCUT2D eigenvalue weighted by Crippen LogP contribution is 2.17. The number of ketones is 1. The number of aromatic nitrogens is 1. The average Bonchev–Trinajstić information content (AvgIpc) is 2.68. The molecule has 0 atom stereocenters. The van der Waals surface area contributed by atoms with Gasteiger partial charge in [0.1, 0.15) is 5.82 Å². The predicted octanol–water partition coefficient (Wildman–Crippen LogP) is 2.21. The van der Waals surface area contributed by atoms with Gasteiger partial charge >= 0.3 is 0 Å². The topological polar surface area (TPSA) is 82.6 Å². The average molecular weight is 366 g/mol. The minimum atomic E-state index is -0.239. The smallest absolute Gasteiger partial charge is 0.255 e. The van der Waals surface area contributed by atoms with Crippen LogP contribution in [0.15, 0.2) is 42.6 Å². The Balaban J connectivity index is 1.67. The van der Waals surface area contributed by atoms with Crippen LogP contribution in [0.25, 0.3) is 0 Å². The minimum absolute atomic E-state index is 0.0171. The van der Waals surface area contributed by atoms with E-state index in [1.807, 2.05) is 0 Å². The van der Waals surface area contributed by atoms with Crippen LogP contribution in [0.1, 0.15) is 34.6 Å². The number of hydrogen-bond donors (Lipinski definition) is 1. The maximum absolute atomic E-state index is 12.5. The van der Waals surface area contributed by atoms with Crippen molar-refractivity contribution in [3.63, 3.8) is 0 Å². The number of benzene rings is 1. The van der Waals surface area contributed by atoms with E-state index in [0.717, 1.165) is 5.82 Å². The number of nitrogens with zero attached hydrogens (tertiary/aromatic N) is 3. The van der Waals surface area contributed by atoms with E-state index < -0.39 is 0 Å². The summed E-state index contributed by atoms with van der Waals surface area (Å²) in [5, 5.41) is 2.83. The van der Waals surface area contributed by atoms with E-state index in [9.17, 15) is 14.4 Å². The van der Waals surface area contributed by atoms with Crippen LogP contribution in [0.4, 0.5) is 11.5 Å². The molecule has 0 spiro atoms. The van der Waals surface area contributed by atoms with Gasteiger partial charge in [-0.25, -0.2) is 4.98 Å². The number of carbonyl (C=O) groups is 3. The molecule has 27 heavy (non-hydrogen) atoms. The van der Waals surface area contributed by atoms with Crippen LogP contribution in [-0.4, -0.2) is 53.7 Å². The second-order valence-electron chi connectivity index (χ2n) is 6.48. The first-order chi connectivity index (χ1) is 12.9. The zero-order chi connectivity index (χ0) is 19.4. The number of amides is 2. The molecule has 1 fully saturated rings. The molecular weight excluding hydrogens is 344 g/mol. The molecule has 1 saturated heterocycles. The number of Topliss-reactive ketones (excluding diaryl/α,β-unsaturated/α-hetero) is 1. The lowest BCUT2D eigenvalue weighted by atomic mass is 10.1. The Morgan fingerprint density at radius 3 is 2.19 bits per heavy atom. The lowest BCUT2D eigenvalue weighted by Crippen LogP contribution is -2.48. The predicted molar refractivity (Wildman–Crippen MR) is 103 cm³/mol. The quantitative estimate of drug-likeness (QED) is 0.839. The van der Waals surface area contributed by atoms with Crippen molar-refractivity contribution in [2.24, 2.45) is 0 Å². The van der Waals surface area contributed by atoms with Gasteiger partial charge in [-0.3, -0.25) is 14.4 Å². The number of piperazine rings is 1. The maximum Gasteiger partial charge on any atom is 0.255 e. The highest BCUT2D eigenvalue weighted by molar-refractivity contribution is 6.05. The normalized spacial score (nSPS) is 14.0. The highest BCUT2D eigenvalue weighted by Gasteiger charge is 2.20. The van der Waals surface area contributed by atoms with E-state index in [0.29, 0.717) is 43.0 Å². The minimum Gasteiger partial charge on any atom is -0.353 e. The van der Waals surface area contributed by atoms with Crippen molar-refractivity contribution in [3.8, 4) is 0 Å². The van der Waals surface area contributed by atoms with Crippen LogP contribution in [0, 0.1) is 0 Å². The van der Waals surface area contributed by atoms with Gasteiger partial charge in [-0.15, -0.1) is 0 Å². The molecular formula is C20H22N4O3. The third kappa shape index (κ3) is 4.49. The van der Waals surface area contributed by atoms with E-state index in [1.165, 1.54) is 6.92 Å². The molecule has 0 unspecified atom stereocenters. The van der Waals surface area contributed by atoms with E-state index in [1.54, 1.807) is 54.4 Å². The molecule has 0 aliphatic carbocycles. The molecule has 1 N–H and O–H groups in total. The first-order valence-corrected chi connectivity index (χ1v) is 8.83. The van der Waals surface area contributed by atoms with Gasteiger partial charge in [0, 0.05) is 56.1 Å². The number of carbonyl (C=O) groups excluding carboxylic acids is 3. The SMILES string of the molecule is CC(=O)c1ccc(NC(=O)c2ccnc(N3CCN(C(C)=O)CC3)c2)cc1. The standard InChI is InChI=1S/C20H22N4O3/c1-14(25)16-3-5-18(6-4-16)22-20(27)17-7-8-21-19(13-17)24-11-9-23(10-12-24)15(2)26/h3-8,13H,9-12H2,1-2H3,(H,22,27). The molecule has 140 valence electrons. The maximum atomic E-state index is 12.5. The van der Waals surface area contributed by atoms with Gasteiger partial charge in [-0.1, -0.05) is 0 Å². The molecule has 7 nitrogen and oxygen atoms in total. The van der Waals surface area contributed by atoms with Gasteiger partial charge in [0.2, 0.25) is 5.91 Å². The van der Waals surface area contributed by atoms with E-state index in [4.69, 9.17) is 0 Å². The molecule has 1 aromatic carbocycles. The summed E-state index contributed by atoms with van der Waals surface area (Å²) in [7, 11) is 0. The lowest BCUT2D eigenvalue weighted by Gasteiger charge is -2.35. The number of rotatable bonds is 4. The molecule has 0 saturated carbocycles. The van der Waals surface area contributed by atoms with Gasteiger partial charge in [-0.05, 0) is 43.3 Å². The third-order valence-electron chi connectivity index (χ3n) is 4.61. The molecule has 3 rings (SSSR count). The summed E-state index contributed by atoms with van der Waals surface area (Å²) < 4.78 is 0. The second-order valence-corrected chi connectivity index (χ2v) is 6.48. The van der Waals surface area contributed by atoms with Crippen LogP contribution in [-0.2, 0) is 4.79 Å². The molecule has 2 amide bonds. The number of nitrogens with one attached hydrogen (secondary N) is 1. The van der Waals surface area contributed by atoms with Gasteiger partial charge in [-0.2, -0.15) is 0 Å². The Labute approximate surface area is 158 Å². The van der Waals surface area contributed by atoms with Crippen LogP contribution >= 0.6 is 0 Å². The Bertz CT molecular complexity index is 856. The van der Waals surface area contributed by atoms with Crippen LogP contribution < -0.4 is 10.2 Å². The van der Waals surface area contributed by atoms with Crippen molar-refractivity contribution in [1.82, 2.24) is 9.88 Å². The fourth-order valence-corrected chi connectivity index (χ4v) is 2.97. The first kappa shape index (κ1) is 18.6. The number of pyridine rings is 1. The molecule has 1 aliphatic heterocycles. The highest BCUT2D eigenvalue weighted by atomic mass is 16.2. The fourth-order valence-electron chi connectivity index (χ4n) is 2.97. The second kappa shape index (κ2) is 7.99. The van der Waals surface area contributed by atoms with Crippen LogP contribution in [0.5, 0.6) is 0 Å². The summed E-state index contributed by atoms with van der Waals surface area (Å²) in [5.74, 6) is 0.539. The van der Waals surface area contributed by atoms with Gasteiger partial charge in [0.05, 0.1) is 0 Å². The Kier molecular flexibility index (Phi) is 5.49. The third-order valence-corrected chi connectivity index (χ3v) is 4.61. The van der Waals surface area contributed by atoms with Crippen molar-refractivity contribution in [3.05, 3.63) is 53.7 Å². The summed E-state index contributed by atoms with van der Waals surface area (Å²) >= 11 is 0. The van der Waals surface area contributed by atoms with Gasteiger partial charge in [0.15, 0.2) is 5.78 Å². The van der Waals surface area contributed by atoms with E-state index in [-0.39, 0.29) is 17.6 Å². The monoisotopic (exact) mass is 366 g/mol.